The number of hydrogen-bond acceptors (Lipinski definition) is 4. The summed E-state index contributed by atoms with van der Waals surface area (Å²) in [6.45, 7) is 0.279. The number of carboxylic acid groups (broad SMARTS) is 1. The molecule has 0 bridgehead atoms. The minimum absolute atomic E-state index is 0.181. The lowest BCUT2D eigenvalue weighted by Crippen LogP contribution is -2.26. The Bertz CT molecular complexity index is 854. The average Bonchev–Trinajstić information content (AvgIpc) is 2.62. The number of rotatable bonds is 11. The summed E-state index contributed by atoms with van der Waals surface area (Å²) in [5.74, 6) is -0.773. The number of sulfonamides is 1. The summed E-state index contributed by atoms with van der Waals surface area (Å²) in [7, 11) is -3.57. The number of carboxylic acids is 1. The van der Waals surface area contributed by atoms with E-state index in [1.807, 2.05) is 6.07 Å². The van der Waals surface area contributed by atoms with Crippen LogP contribution in [0.2, 0.25) is 5.02 Å². The second-order valence-electron chi connectivity index (χ2n) is 6.20. The molecule has 0 aliphatic heterocycles. The highest BCUT2D eigenvalue weighted by molar-refractivity contribution is 7.89. The Morgan fingerprint density at radius 3 is 2.48 bits per heavy atom. The Hall–Kier alpha value is -1.96. The van der Waals surface area contributed by atoms with Crippen molar-refractivity contribution in [3.05, 3.63) is 58.9 Å². The SMILES string of the molecule is O=C(O)CCCCCc1cnccc1CCNS(=O)(=O)c1ccc(Cl)cc1. The summed E-state index contributed by atoms with van der Waals surface area (Å²) in [5, 5.41) is 9.15. The number of benzene rings is 1. The lowest BCUT2D eigenvalue weighted by Gasteiger charge is -2.10. The first kappa shape index (κ1) is 21.3. The van der Waals surface area contributed by atoms with E-state index in [1.54, 1.807) is 24.5 Å². The van der Waals surface area contributed by atoms with Crippen molar-refractivity contribution in [1.29, 1.82) is 0 Å². The van der Waals surface area contributed by atoms with Crippen LogP contribution in [0.25, 0.3) is 0 Å². The number of carbonyl (C=O) groups is 1. The second kappa shape index (κ2) is 10.4. The number of halogens is 1. The standard InChI is InChI=1S/C19H23ClN2O4S/c20-17-6-8-18(9-7-17)27(25,26)22-13-11-15-10-12-21-14-16(15)4-2-1-3-5-19(23)24/h6-10,12,14,22H,1-5,11,13H2,(H,23,24). The molecule has 0 aliphatic rings. The molecule has 0 fully saturated rings. The quantitative estimate of drug-likeness (QED) is 0.553. The Morgan fingerprint density at radius 2 is 1.78 bits per heavy atom. The number of pyridine rings is 1. The van der Waals surface area contributed by atoms with Crippen molar-refractivity contribution in [3.8, 4) is 0 Å². The van der Waals surface area contributed by atoms with E-state index in [0.717, 1.165) is 30.4 Å². The number of aryl methyl sites for hydroxylation is 1. The van der Waals surface area contributed by atoms with Crippen molar-refractivity contribution in [2.45, 2.75) is 43.4 Å². The van der Waals surface area contributed by atoms with Crippen LogP contribution in [-0.2, 0) is 27.7 Å². The molecule has 0 atom stereocenters. The van der Waals surface area contributed by atoms with Gasteiger partial charge in [0.15, 0.2) is 0 Å². The Kier molecular flexibility index (Phi) is 8.22. The fraction of sp³-hybridized carbons (Fsp3) is 0.368. The van der Waals surface area contributed by atoms with E-state index in [4.69, 9.17) is 16.7 Å². The van der Waals surface area contributed by atoms with Gasteiger partial charge in [0.1, 0.15) is 0 Å². The van der Waals surface area contributed by atoms with Crippen LogP contribution >= 0.6 is 11.6 Å². The number of hydrogen-bond donors (Lipinski definition) is 2. The molecule has 2 N–H and O–H groups in total. The van der Waals surface area contributed by atoms with Gasteiger partial charge in [0, 0.05) is 30.4 Å². The van der Waals surface area contributed by atoms with Crippen LogP contribution in [0, 0.1) is 0 Å². The van der Waals surface area contributed by atoms with Gasteiger partial charge in [-0.25, -0.2) is 13.1 Å². The highest BCUT2D eigenvalue weighted by Gasteiger charge is 2.13. The van der Waals surface area contributed by atoms with Crippen LogP contribution in [0.1, 0.15) is 36.8 Å². The van der Waals surface area contributed by atoms with Crippen molar-refractivity contribution in [3.63, 3.8) is 0 Å². The van der Waals surface area contributed by atoms with Crippen LogP contribution < -0.4 is 4.72 Å². The van der Waals surface area contributed by atoms with Gasteiger partial charge in [-0.2, -0.15) is 0 Å². The smallest absolute Gasteiger partial charge is 0.303 e. The second-order valence-corrected chi connectivity index (χ2v) is 8.40. The van der Waals surface area contributed by atoms with Gasteiger partial charge in [0.05, 0.1) is 4.90 Å². The van der Waals surface area contributed by atoms with E-state index in [9.17, 15) is 13.2 Å². The molecule has 2 aromatic rings. The van der Waals surface area contributed by atoms with E-state index in [0.29, 0.717) is 17.9 Å². The van der Waals surface area contributed by atoms with Crippen LogP contribution in [0.5, 0.6) is 0 Å². The van der Waals surface area contributed by atoms with Gasteiger partial charge in [-0.3, -0.25) is 9.78 Å². The lowest BCUT2D eigenvalue weighted by molar-refractivity contribution is -0.137. The highest BCUT2D eigenvalue weighted by atomic mass is 35.5. The molecular formula is C19H23ClN2O4S. The maximum atomic E-state index is 12.3. The normalized spacial score (nSPS) is 11.4. The molecule has 0 spiro atoms. The average molecular weight is 411 g/mol. The maximum absolute atomic E-state index is 12.3. The van der Waals surface area contributed by atoms with Crippen LogP contribution in [0.3, 0.4) is 0 Å². The van der Waals surface area contributed by atoms with Gasteiger partial charge in [-0.15, -0.1) is 0 Å². The summed E-state index contributed by atoms with van der Waals surface area (Å²) in [5.41, 5.74) is 2.11. The largest absolute Gasteiger partial charge is 0.481 e. The minimum Gasteiger partial charge on any atom is -0.481 e. The topological polar surface area (TPSA) is 96.4 Å². The van der Waals surface area contributed by atoms with Gasteiger partial charge < -0.3 is 5.11 Å². The van der Waals surface area contributed by atoms with Gasteiger partial charge in [-0.1, -0.05) is 18.0 Å². The van der Waals surface area contributed by atoms with Crippen molar-refractivity contribution in [2.24, 2.45) is 0 Å². The monoisotopic (exact) mass is 410 g/mol. The third kappa shape index (κ3) is 7.28. The first-order chi connectivity index (χ1) is 12.9. The molecule has 1 aromatic carbocycles. The van der Waals surface area contributed by atoms with Crippen molar-refractivity contribution >= 4 is 27.6 Å². The fourth-order valence-corrected chi connectivity index (χ4v) is 3.87. The van der Waals surface area contributed by atoms with E-state index in [2.05, 4.69) is 9.71 Å². The molecule has 0 radical (unpaired) electrons. The Balaban J connectivity index is 1.86. The molecular weight excluding hydrogens is 388 g/mol. The van der Waals surface area contributed by atoms with E-state index in [1.165, 1.54) is 12.1 Å². The van der Waals surface area contributed by atoms with Gasteiger partial charge >= 0.3 is 5.97 Å². The first-order valence-electron chi connectivity index (χ1n) is 8.77. The molecule has 8 heteroatoms. The van der Waals surface area contributed by atoms with Gasteiger partial charge in [0.2, 0.25) is 10.0 Å². The minimum atomic E-state index is -3.57. The summed E-state index contributed by atoms with van der Waals surface area (Å²) in [4.78, 5) is 14.9. The fourth-order valence-electron chi connectivity index (χ4n) is 2.71. The third-order valence-corrected chi connectivity index (χ3v) is 5.88. The highest BCUT2D eigenvalue weighted by Crippen LogP contribution is 2.15. The predicted octanol–water partition coefficient (Wildman–Crippen LogP) is 3.44. The zero-order valence-corrected chi connectivity index (χ0v) is 16.5. The zero-order chi connectivity index (χ0) is 19.7. The summed E-state index contributed by atoms with van der Waals surface area (Å²) in [6.07, 6.45) is 7.40. The number of aromatic nitrogens is 1. The summed E-state index contributed by atoms with van der Waals surface area (Å²) in [6, 6.07) is 7.92. The molecule has 1 heterocycles. The van der Waals surface area contributed by atoms with E-state index >= 15 is 0 Å². The van der Waals surface area contributed by atoms with Gasteiger partial charge in [0.25, 0.3) is 0 Å². The van der Waals surface area contributed by atoms with Crippen molar-refractivity contribution in [1.82, 2.24) is 9.71 Å². The molecule has 0 saturated carbocycles. The number of aliphatic carboxylic acids is 1. The zero-order valence-electron chi connectivity index (χ0n) is 14.9. The lowest BCUT2D eigenvalue weighted by atomic mass is 10.0. The molecule has 27 heavy (non-hydrogen) atoms. The molecule has 0 amide bonds. The van der Waals surface area contributed by atoms with Crippen molar-refractivity contribution in [2.75, 3.05) is 6.54 Å². The first-order valence-corrected chi connectivity index (χ1v) is 10.6. The third-order valence-electron chi connectivity index (χ3n) is 4.15. The molecule has 6 nitrogen and oxygen atoms in total. The molecule has 0 saturated heterocycles. The van der Waals surface area contributed by atoms with Gasteiger partial charge in [-0.05, 0) is 67.1 Å². The molecule has 1 aromatic heterocycles. The van der Waals surface area contributed by atoms with Crippen LogP contribution in [-0.4, -0.2) is 31.0 Å². The number of nitrogens with zero attached hydrogens (tertiary/aromatic N) is 1. The van der Waals surface area contributed by atoms with Crippen LogP contribution in [0.4, 0.5) is 0 Å². The van der Waals surface area contributed by atoms with E-state index < -0.39 is 16.0 Å². The predicted molar refractivity (Wildman–Crippen MR) is 104 cm³/mol. The van der Waals surface area contributed by atoms with Crippen LogP contribution in [0.15, 0.2) is 47.6 Å². The molecule has 146 valence electrons. The Labute approximate surface area is 164 Å². The van der Waals surface area contributed by atoms with Crippen molar-refractivity contribution < 1.29 is 18.3 Å². The Morgan fingerprint density at radius 1 is 1.04 bits per heavy atom. The number of nitrogens with one attached hydrogen (secondary N) is 1. The summed E-state index contributed by atoms with van der Waals surface area (Å²) < 4.78 is 27.2. The molecule has 2 rings (SSSR count). The summed E-state index contributed by atoms with van der Waals surface area (Å²) >= 11 is 5.79. The molecule has 0 unspecified atom stereocenters. The van der Waals surface area contributed by atoms with E-state index in [-0.39, 0.29) is 17.9 Å². The maximum Gasteiger partial charge on any atom is 0.303 e. The molecule has 0 aliphatic carbocycles. The number of unbranched alkanes of at least 4 members (excludes halogenated alkanes) is 2.